The first-order valence-electron chi connectivity index (χ1n) is 14.5. The lowest BCUT2D eigenvalue weighted by Crippen LogP contribution is -2.82. The Hall–Kier alpha value is -2.31. The van der Waals surface area contributed by atoms with Gasteiger partial charge in [0, 0.05) is 42.9 Å². The Bertz CT molecular complexity index is 1310. The summed E-state index contributed by atoms with van der Waals surface area (Å²) in [6.45, 7) is 7.85. The van der Waals surface area contributed by atoms with E-state index in [1.165, 1.54) is 13.8 Å². The predicted molar refractivity (Wildman–Crippen MR) is 137 cm³/mol. The molecule has 0 amide bonds. The zero-order valence-electron chi connectivity index (χ0n) is 23.9. The molecule has 11 heteroatoms. The average Bonchev–Trinajstić information content (AvgIpc) is 3.26. The van der Waals surface area contributed by atoms with Crippen molar-refractivity contribution in [1.82, 2.24) is 0 Å². The monoisotopic (exact) mass is 574 g/mol. The van der Waals surface area contributed by atoms with Crippen LogP contribution in [-0.4, -0.2) is 82.1 Å². The summed E-state index contributed by atoms with van der Waals surface area (Å²) in [5.41, 5.74) is -4.93. The molecule has 6 aliphatic rings. The van der Waals surface area contributed by atoms with E-state index in [2.05, 4.69) is 0 Å². The first-order valence-corrected chi connectivity index (χ1v) is 14.5. The van der Waals surface area contributed by atoms with Gasteiger partial charge in [-0.2, -0.15) is 0 Å². The summed E-state index contributed by atoms with van der Waals surface area (Å²) in [6, 6.07) is 1.84. The summed E-state index contributed by atoms with van der Waals surface area (Å²) in [6.07, 6.45) is -2.27. The molecule has 1 aromatic rings. The van der Waals surface area contributed by atoms with Gasteiger partial charge in [-0.15, -0.1) is 0 Å². The quantitative estimate of drug-likeness (QED) is 0.354. The van der Waals surface area contributed by atoms with E-state index in [0.717, 1.165) is 5.56 Å². The summed E-state index contributed by atoms with van der Waals surface area (Å²) < 4.78 is 29.5. The van der Waals surface area contributed by atoms with Crippen LogP contribution in [0.2, 0.25) is 0 Å². The minimum atomic E-state index is -1.36. The fourth-order valence-electron chi connectivity index (χ4n) is 11.0. The molecule has 14 atom stereocenters. The zero-order chi connectivity index (χ0) is 29.5. The van der Waals surface area contributed by atoms with Crippen LogP contribution in [0.25, 0.3) is 0 Å². The van der Waals surface area contributed by atoms with Gasteiger partial charge in [0.25, 0.3) is 0 Å². The maximum absolute atomic E-state index is 15.0. The van der Waals surface area contributed by atoms with Gasteiger partial charge in [0.05, 0.1) is 48.3 Å². The molecular formula is C30H38O11. The molecule has 2 saturated heterocycles. The second kappa shape index (κ2) is 8.19. The number of furan rings is 1. The molecule has 4 saturated carbocycles. The van der Waals surface area contributed by atoms with Crippen molar-refractivity contribution in [2.45, 2.75) is 102 Å². The summed E-state index contributed by atoms with van der Waals surface area (Å²) in [5, 5.41) is 35.4. The Balaban J connectivity index is 1.44. The molecule has 224 valence electrons. The summed E-state index contributed by atoms with van der Waals surface area (Å²) in [7, 11) is 0. The number of aliphatic hydroxyl groups is 3. The second-order valence-corrected chi connectivity index (χ2v) is 13.9. The molecule has 11 nitrogen and oxygen atoms in total. The number of carbonyl (C=O) groups excluding carboxylic acids is 3. The molecule has 0 aromatic carbocycles. The Labute approximate surface area is 237 Å². The molecule has 0 radical (unpaired) electrons. The first kappa shape index (κ1) is 27.5. The SMILES string of the molecule is CC(=O)O[C@H]1C[C@H](O)[C@@]23CO[C@@H](O)[C@]1(C)[C@H]2C[C@@H](O)[C@@]1(C)[C@@H]3C(=O)[C@H](OC(C)=O)[C@]2(C)[C@H](c3ccoc3)C[C@H]3O[C@]312. The van der Waals surface area contributed by atoms with E-state index >= 15 is 4.79 Å². The molecule has 7 rings (SSSR count). The third-order valence-corrected chi connectivity index (χ3v) is 12.6. The van der Waals surface area contributed by atoms with Crippen molar-refractivity contribution >= 4 is 17.7 Å². The number of rotatable bonds is 3. The highest BCUT2D eigenvalue weighted by atomic mass is 16.6. The number of Topliss-reactive ketones (excluding diaryl/α,β-unsaturated/α-hetero) is 1. The van der Waals surface area contributed by atoms with E-state index in [4.69, 9.17) is 23.4 Å². The molecule has 41 heavy (non-hydrogen) atoms. The van der Waals surface area contributed by atoms with Gasteiger partial charge < -0.3 is 38.7 Å². The Morgan fingerprint density at radius 1 is 0.976 bits per heavy atom. The molecule has 1 aromatic heterocycles. The topological polar surface area (TPSA) is 165 Å². The number of fused-ring (bicyclic) bond motifs is 1. The summed E-state index contributed by atoms with van der Waals surface area (Å²) in [4.78, 5) is 39.7. The smallest absolute Gasteiger partial charge is 0.303 e. The van der Waals surface area contributed by atoms with Crippen LogP contribution in [0.5, 0.6) is 0 Å². The third-order valence-electron chi connectivity index (χ3n) is 12.6. The van der Waals surface area contributed by atoms with Crippen molar-refractivity contribution in [3.8, 4) is 0 Å². The molecule has 3 heterocycles. The van der Waals surface area contributed by atoms with Crippen LogP contribution in [0.1, 0.15) is 65.4 Å². The van der Waals surface area contributed by atoms with E-state index in [1.54, 1.807) is 19.5 Å². The van der Waals surface area contributed by atoms with Gasteiger partial charge in [0.15, 0.2) is 18.2 Å². The highest BCUT2D eigenvalue weighted by molar-refractivity contribution is 5.93. The van der Waals surface area contributed by atoms with Gasteiger partial charge in [0.2, 0.25) is 0 Å². The molecule has 3 N–H and O–H groups in total. The van der Waals surface area contributed by atoms with Crippen molar-refractivity contribution in [1.29, 1.82) is 0 Å². The van der Waals surface area contributed by atoms with E-state index in [0.29, 0.717) is 6.42 Å². The highest BCUT2D eigenvalue weighted by Gasteiger charge is 2.92. The predicted octanol–water partition coefficient (Wildman–Crippen LogP) is 1.47. The molecule has 2 aliphatic heterocycles. The van der Waals surface area contributed by atoms with E-state index < -0.39 is 87.5 Å². The normalized spacial score (nSPS) is 54.7. The van der Waals surface area contributed by atoms with Crippen LogP contribution in [0, 0.1) is 33.5 Å². The molecule has 4 aliphatic carbocycles. The number of esters is 2. The second-order valence-electron chi connectivity index (χ2n) is 13.9. The minimum absolute atomic E-state index is 0.0205. The van der Waals surface area contributed by atoms with Crippen molar-refractivity contribution in [3.63, 3.8) is 0 Å². The van der Waals surface area contributed by atoms with Crippen molar-refractivity contribution in [2.24, 2.45) is 33.5 Å². The van der Waals surface area contributed by atoms with E-state index in [9.17, 15) is 24.9 Å². The molecule has 0 unspecified atom stereocenters. The summed E-state index contributed by atoms with van der Waals surface area (Å²) >= 11 is 0. The van der Waals surface area contributed by atoms with Crippen LogP contribution in [0.4, 0.5) is 0 Å². The maximum Gasteiger partial charge on any atom is 0.303 e. The third kappa shape index (κ3) is 2.85. The van der Waals surface area contributed by atoms with Crippen molar-refractivity contribution in [3.05, 3.63) is 24.2 Å². The highest BCUT2D eigenvalue weighted by Crippen LogP contribution is 2.82. The lowest BCUT2D eigenvalue weighted by molar-refractivity contribution is -0.373. The molecular weight excluding hydrogens is 536 g/mol. The standard InChI is InChI=1S/C30H38O11/c1-13(31)39-20-10-19(34)29-12-38-25(36)26(20,3)17(29)9-18(33)28(5)23(29)22(35)24(40-14(2)32)27(4)16(15-6-7-37-11-15)8-21-30(27,28)41-21/h6-7,11,16-21,23-25,33-34,36H,8-10,12H2,1-5H3/t16-,17+,18+,19-,20-,21+,23-,24-,25+,26+,27-,28-,29+,30-/m0/s1. The lowest BCUT2D eigenvalue weighted by atomic mass is 9.33. The average molecular weight is 575 g/mol. The number of ether oxygens (including phenoxy) is 4. The Kier molecular flexibility index (Phi) is 5.50. The van der Waals surface area contributed by atoms with Gasteiger partial charge in [-0.25, -0.2) is 0 Å². The van der Waals surface area contributed by atoms with Gasteiger partial charge in [0.1, 0.15) is 11.7 Å². The van der Waals surface area contributed by atoms with Crippen LogP contribution in [0.3, 0.4) is 0 Å². The molecule has 1 spiro atoms. The van der Waals surface area contributed by atoms with Crippen molar-refractivity contribution in [2.75, 3.05) is 6.61 Å². The maximum atomic E-state index is 15.0. The number of aliphatic hydroxyl groups excluding tert-OH is 3. The van der Waals surface area contributed by atoms with Crippen LogP contribution in [0.15, 0.2) is 23.0 Å². The minimum Gasteiger partial charge on any atom is -0.472 e. The number of epoxide rings is 1. The zero-order valence-corrected chi connectivity index (χ0v) is 23.9. The molecule has 2 bridgehead atoms. The fraction of sp³-hybridized carbons (Fsp3) is 0.767. The van der Waals surface area contributed by atoms with Crippen molar-refractivity contribution < 1.29 is 53.1 Å². The van der Waals surface area contributed by atoms with E-state index in [-0.39, 0.29) is 31.5 Å². The first-order chi connectivity index (χ1) is 19.2. The summed E-state index contributed by atoms with van der Waals surface area (Å²) in [5.74, 6) is -3.56. The number of ketones is 1. The van der Waals surface area contributed by atoms with E-state index in [1.807, 2.05) is 19.9 Å². The lowest BCUT2D eigenvalue weighted by Gasteiger charge is -2.73. The van der Waals surface area contributed by atoms with Gasteiger partial charge >= 0.3 is 11.9 Å². The van der Waals surface area contributed by atoms with Crippen LogP contribution >= 0.6 is 0 Å². The number of carbonyl (C=O) groups is 3. The Morgan fingerprint density at radius 2 is 1.68 bits per heavy atom. The Morgan fingerprint density at radius 3 is 2.32 bits per heavy atom. The van der Waals surface area contributed by atoms with Gasteiger partial charge in [-0.05, 0) is 30.4 Å². The van der Waals surface area contributed by atoms with Crippen LogP contribution < -0.4 is 0 Å². The van der Waals surface area contributed by atoms with Gasteiger partial charge in [-0.1, -0.05) is 20.8 Å². The van der Waals surface area contributed by atoms with Gasteiger partial charge in [-0.3, -0.25) is 14.4 Å². The number of hydrogen-bond donors (Lipinski definition) is 3. The van der Waals surface area contributed by atoms with Crippen LogP contribution in [-0.2, 0) is 33.3 Å². The largest absolute Gasteiger partial charge is 0.472 e. The number of hydrogen-bond acceptors (Lipinski definition) is 11. The fourth-order valence-corrected chi connectivity index (χ4v) is 11.0. The molecule has 6 fully saturated rings.